The molecule has 4 aromatic carbocycles. The first-order chi connectivity index (χ1) is 15.7. The Kier molecular flexibility index (Phi) is 6.73. The third-order valence-corrected chi connectivity index (χ3v) is 5.32. The summed E-state index contributed by atoms with van der Waals surface area (Å²) in [6.45, 7) is 0. The predicted molar refractivity (Wildman–Crippen MR) is 135 cm³/mol. The Hall–Kier alpha value is -4.18. The molecule has 0 unspecified atom stereocenters. The smallest absolute Gasteiger partial charge is 0.101 e. The van der Waals surface area contributed by atoms with Gasteiger partial charge in [-0.2, -0.15) is 0 Å². The Balaban J connectivity index is 1.79. The number of hydrogen-bond donors (Lipinski definition) is 2. The molecule has 4 heteroatoms. The molecule has 158 valence electrons. The van der Waals surface area contributed by atoms with Crippen molar-refractivity contribution in [1.82, 2.24) is 0 Å². The van der Waals surface area contributed by atoms with Gasteiger partial charge in [0, 0.05) is 34.9 Å². The average Bonchev–Trinajstić information content (AvgIpc) is 2.84. The van der Waals surface area contributed by atoms with Crippen molar-refractivity contribution in [2.45, 2.75) is 12.1 Å². The minimum atomic E-state index is -0.237. The molecule has 0 saturated carbocycles. The second-order valence-electron chi connectivity index (χ2n) is 7.53. The molecule has 0 aliphatic rings. The lowest BCUT2D eigenvalue weighted by Gasteiger charge is -2.22. The van der Waals surface area contributed by atoms with E-state index < -0.39 is 0 Å². The van der Waals surface area contributed by atoms with E-state index in [4.69, 9.17) is 21.5 Å². The molecule has 2 atom stereocenters. The highest BCUT2D eigenvalue weighted by molar-refractivity contribution is 5.88. The summed E-state index contributed by atoms with van der Waals surface area (Å²) in [5.41, 5.74) is 17.6. The van der Waals surface area contributed by atoms with Crippen LogP contribution in [0.2, 0.25) is 0 Å². The number of nitrogens with zero attached hydrogens (tertiary/aromatic N) is 2. The minimum absolute atomic E-state index is 0.237. The maximum atomic E-state index is 6.15. The van der Waals surface area contributed by atoms with Crippen LogP contribution in [0.5, 0.6) is 0 Å². The highest BCUT2D eigenvalue weighted by Crippen LogP contribution is 2.35. The van der Waals surface area contributed by atoms with E-state index in [2.05, 4.69) is 24.3 Å². The lowest BCUT2D eigenvalue weighted by molar-refractivity contribution is 0.583. The third kappa shape index (κ3) is 5.10. The highest BCUT2D eigenvalue weighted by atomic mass is 14.9. The third-order valence-electron chi connectivity index (χ3n) is 5.32. The molecule has 0 aromatic heterocycles. The monoisotopic (exact) mass is 418 g/mol. The molecule has 0 heterocycles. The van der Waals surface area contributed by atoms with E-state index in [1.807, 2.05) is 97.4 Å². The van der Waals surface area contributed by atoms with E-state index in [0.717, 1.165) is 22.3 Å². The van der Waals surface area contributed by atoms with Gasteiger partial charge < -0.3 is 11.5 Å². The van der Waals surface area contributed by atoms with Crippen molar-refractivity contribution in [2.24, 2.45) is 9.98 Å². The van der Waals surface area contributed by atoms with Crippen molar-refractivity contribution in [3.63, 3.8) is 0 Å². The van der Waals surface area contributed by atoms with E-state index in [-0.39, 0.29) is 12.1 Å². The Morgan fingerprint density at radius 3 is 1.19 bits per heavy atom. The lowest BCUT2D eigenvalue weighted by Crippen LogP contribution is -2.09. The topological polar surface area (TPSA) is 76.8 Å². The van der Waals surface area contributed by atoms with E-state index >= 15 is 0 Å². The van der Waals surface area contributed by atoms with Gasteiger partial charge in [-0.25, -0.2) is 0 Å². The van der Waals surface area contributed by atoms with Crippen LogP contribution < -0.4 is 11.5 Å². The number of nitrogens with two attached hydrogens (primary N) is 2. The van der Waals surface area contributed by atoms with Crippen molar-refractivity contribution >= 4 is 23.8 Å². The molecule has 0 radical (unpaired) electrons. The maximum Gasteiger partial charge on any atom is 0.101 e. The fourth-order valence-electron chi connectivity index (χ4n) is 3.58. The average molecular weight is 419 g/mol. The van der Waals surface area contributed by atoms with Gasteiger partial charge in [-0.3, -0.25) is 9.98 Å². The molecule has 0 saturated heterocycles. The molecule has 0 aliphatic heterocycles. The Morgan fingerprint density at radius 1 is 0.469 bits per heavy atom. The lowest BCUT2D eigenvalue weighted by atomic mass is 9.94. The van der Waals surface area contributed by atoms with Gasteiger partial charge in [-0.1, -0.05) is 97.1 Å². The van der Waals surface area contributed by atoms with E-state index in [9.17, 15) is 0 Å². The van der Waals surface area contributed by atoms with Crippen LogP contribution >= 0.6 is 0 Å². The number of aliphatic imine (C=N–C) groups is 2. The molecule has 0 aliphatic carbocycles. The van der Waals surface area contributed by atoms with E-state index in [1.54, 1.807) is 0 Å². The first-order valence-electron chi connectivity index (χ1n) is 10.6. The van der Waals surface area contributed by atoms with Crippen molar-refractivity contribution in [3.05, 3.63) is 131 Å². The molecule has 32 heavy (non-hydrogen) atoms. The second kappa shape index (κ2) is 10.2. The van der Waals surface area contributed by atoms with Crippen LogP contribution in [0.1, 0.15) is 34.3 Å². The first-order valence-corrected chi connectivity index (χ1v) is 10.6. The molecule has 0 amide bonds. The zero-order valence-corrected chi connectivity index (χ0v) is 17.8. The Bertz CT molecular complexity index is 1100. The zero-order valence-electron chi connectivity index (χ0n) is 17.8. The number of para-hydroxylation sites is 2. The number of nitrogen functional groups attached to an aromatic ring is 2. The van der Waals surface area contributed by atoms with Crippen molar-refractivity contribution < 1.29 is 0 Å². The summed E-state index contributed by atoms with van der Waals surface area (Å²) >= 11 is 0. The Morgan fingerprint density at radius 2 is 0.812 bits per heavy atom. The number of anilines is 2. The fraction of sp³-hybridized carbons (Fsp3) is 0.0714. The fourth-order valence-corrected chi connectivity index (χ4v) is 3.58. The van der Waals surface area contributed by atoms with Gasteiger partial charge in [-0.05, 0) is 23.3 Å². The molecule has 4 N–H and O–H groups in total. The van der Waals surface area contributed by atoms with E-state index in [0.29, 0.717) is 11.4 Å². The Labute approximate surface area is 189 Å². The van der Waals surface area contributed by atoms with Gasteiger partial charge in [-0.15, -0.1) is 0 Å². The zero-order chi connectivity index (χ0) is 22.2. The summed E-state index contributed by atoms with van der Waals surface area (Å²) in [5, 5.41) is 0. The van der Waals surface area contributed by atoms with Crippen LogP contribution in [0.3, 0.4) is 0 Å². The summed E-state index contributed by atoms with van der Waals surface area (Å²) in [6.07, 6.45) is 3.69. The largest absolute Gasteiger partial charge is 0.398 e. The van der Waals surface area contributed by atoms with E-state index in [1.165, 1.54) is 0 Å². The second-order valence-corrected chi connectivity index (χ2v) is 7.53. The van der Waals surface area contributed by atoms with Crippen LogP contribution in [-0.2, 0) is 0 Å². The van der Waals surface area contributed by atoms with Crippen LogP contribution in [0, 0.1) is 0 Å². The number of rotatable bonds is 7. The van der Waals surface area contributed by atoms with Gasteiger partial charge in [0.05, 0.1) is 0 Å². The molecule has 0 spiro atoms. The van der Waals surface area contributed by atoms with Gasteiger partial charge in [0.25, 0.3) is 0 Å². The normalized spacial score (nSPS) is 13.4. The summed E-state index contributed by atoms with van der Waals surface area (Å²) in [7, 11) is 0. The SMILES string of the molecule is Nc1ccccc1C=N[C@H](c1ccccc1)[C@H](N=Cc1ccccc1N)c1ccccc1. The predicted octanol–water partition coefficient (Wildman–Crippen LogP) is 5.87. The van der Waals surface area contributed by atoms with Crippen molar-refractivity contribution in [1.29, 1.82) is 0 Å². The number of hydrogen-bond acceptors (Lipinski definition) is 4. The minimum Gasteiger partial charge on any atom is -0.398 e. The van der Waals surface area contributed by atoms with Crippen molar-refractivity contribution in [3.8, 4) is 0 Å². The summed E-state index contributed by atoms with van der Waals surface area (Å²) in [6, 6.07) is 35.4. The molecular weight excluding hydrogens is 392 g/mol. The molecule has 4 nitrogen and oxygen atoms in total. The van der Waals surface area contributed by atoms with Crippen LogP contribution in [-0.4, -0.2) is 12.4 Å². The van der Waals surface area contributed by atoms with Gasteiger partial charge in [0.15, 0.2) is 0 Å². The van der Waals surface area contributed by atoms with Gasteiger partial charge >= 0.3 is 0 Å². The van der Waals surface area contributed by atoms with Crippen LogP contribution in [0.15, 0.2) is 119 Å². The maximum absolute atomic E-state index is 6.15. The molecule has 0 bridgehead atoms. The molecule has 4 aromatic rings. The molecule has 4 rings (SSSR count). The van der Waals surface area contributed by atoms with Gasteiger partial charge in [0.2, 0.25) is 0 Å². The first kappa shape index (κ1) is 21.1. The highest BCUT2D eigenvalue weighted by Gasteiger charge is 2.23. The van der Waals surface area contributed by atoms with Crippen molar-refractivity contribution in [2.75, 3.05) is 11.5 Å². The molecule has 0 fully saturated rings. The summed E-state index contributed by atoms with van der Waals surface area (Å²) < 4.78 is 0. The quantitative estimate of drug-likeness (QED) is 0.291. The van der Waals surface area contributed by atoms with Crippen LogP contribution in [0.25, 0.3) is 0 Å². The molecular formula is C28H26N4. The standard InChI is InChI=1S/C28H26N4/c29-25-17-9-7-15-23(25)19-31-27(21-11-3-1-4-12-21)28(22-13-5-2-6-14-22)32-20-24-16-8-10-18-26(24)30/h1-20,27-28H,29-30H2/t27-,28-/m1/s1. The summed E-state index contributed by atoms with van der Waals surface area (Å²) in [4.78, 5) is 9.97. The van der Waals surface area contributed by atoms with Crippen LogP contribution in [0.4, 0.5) is 11.4 Å². The van der Waals surface area contributed by atoms with Gasteiger partial charge in [0.1, 0.15) is 12.1 Å². The number of benzene rings is 4. The summed E-state index contributed by atoms with van der Waals surface area (Å²) in [5.74, 6) is 0.